The van der Waals surface area contributed by atoms with Gasteiger partial charge in [0.2, 0.25) is 0 Å². The van der Waals surface area contributed by atoms with E-state index in [4.69, 9.17) is 14.5 Å². The van der Waals surface area contributed by atoms with Crippen LogP contribution in [0.5, 0.6) is 11.5 Å². The molecule has 0 saturated heterocycles. The molecule has 8 heteroatoms. The van der Waals surface area contributed by atoms with Crippen molar-refractivity contribution < 1.29 is 14.3 Å². The number of carbonyl (C=O) groups is 1. The fourth-order valence-electron chi connectivity index (χ4n) is 3.49. The average Bonchev–Trinajstić information content (AvgIpc) is 3.32. The van der Waals surface area contributed by atoms with Crippen molar-refractivity contribution in [1.29, 1.82) is 0 Å². The smallest absolute Gasteiger partial charge is 0.180 e. The van der Waals surface area contributed by atoms with E-state index in [1.54, 1.807) is 6.20 Å². The molecule has 3 heterocycles. The maximum Gasteiger partial charge on any atom is 0.180 e. The van der Waals surface area contributed by atoms with Gasteiger partial charge in [-0.05, 0) is 42.5 Å². The summed E-state index contributed by atoms with van der Waals surface area (Å²) in [6, 6.07) is 13.4. The lowest BCUT2D eigenvalue weighted by Gasteiger charge is -2.19. The second kappa shape index (κ2) is 8.58. The van der Waals surface area contributed by atoms with Crippen LogP contribution in [-0.2, 0) is 4.79 Å². The summed E-state index contributed by atoms with van der Waals surface area (Å²) < 4.78 is 13.1. The Hall–Kier alpha value is -4.07. The van der Waals surface area contributed by atoms with E-state index in [-0.39, 0.29) is 12.4 Å². The molecular formula is C24H23N5O3. The highest BCUT2D eigenvalue weighted by Crippen LogP contribution is 2.33. The number of carbonyl (C=O) groups excluding carboxylic acids is 1. The lowest BCUT2D eigenvalue weighted by Crippen LogP contribution is -2.17. The van der Waals surface area contributed by atoms with Crippen molar-refractivity contribution in [2.45, 2.75) is 13.3 Å². The Morgan fingerprint density at radius 1 is 1.25 bits per heavy atom. The molecule has 162 valence electrons. The van der Waals surface area contributed by atoms with Gasteiger partial charge in [-0.15, -0.1) is 0 Å². The van der Waals surface area contributed by atoms with Gasteiger partial charge in [0.25, 0.3) is 0 Å². The molecule has 0 spiro atoms. The number of Topliss-reactive ketones (excluding diaryl/α,β-unsaturated/α-hetero) is 1. The van der Waals surface area contributed by atoms with E-state index in [2.05, 4.69) is 15.6 Å². The maximum absolute atomic E-state index is 11.5. The van der Waals surface area contributed by atoms with Crippen LogP contribution in [0.3, 0.4) is 0 Å². The summed E-state index contributed by atoms with van der Waals surface area (Å²) in [4.78, 5) is 20.7. The monoisotopic (exact) mass is 429 g/mol. The first-order valence-electron chi connectivity index (χ1n) is 10.6. The van der Waals surface area contributed by atoms with Crippen molar-refractivity contribution in [3.63, 3.8) is 0 Å². The predicted molar refractivity (Wildman–Crippen MR) is 123 cm³/mol. The number of hydrogen-bond acceptors (Lipinski definition) is 7. The van der Waals surface area contributed by atoms with Gasteiger partial charge in [-0.2, -0.15) is 0 Å². The van der Waals surface area contributed by atoms with Crippen molar-refractivity contribution in [2.75, 3.05) is 30.4 Å². The number of aromatic nitrogens is 3. The van der Waals surface area contributed by atoms with Crippen LogP contribution in [0, 0.1) is 0 Å². The molecule has 1 aliphatic rings. The van der Waals surface area contributed by atoms with Crippen molar-refractivity contribution in [2.24, 2.45) is 0 Å². The predicted octanol–water partition coefficient (Wildman–Crippen LogP) is 4.30. The summed E-state index contributed by atoms with van der Waals surface area (Å²) >= 11 is 0. The van der Waals surface area contributed by atoms with Gasteiger partial charge in [-0.1, -0.05) is 6.92 Å². The molecule has 5 rings (SSSR count). The molecule has 0 fully saturated rings. The zero-order chi connectivity index (χ0) is 21.9. The molecule has 0 atom stereocenters. The van der Waals surface area contributed by atoms with Gasteiger partial charge in [0.05, 0.1) is 11.4 Å². The largest absolute Gasteiger partial charge is 0.490 e. The number of benzene rings is 2. The van der Waals surface area contributed by atoms with E-state index in [0.717, 1.165) is 40.6 Å². The number of fused-ring (bicyclic) bond motifs is 2. The van der Waals surface area contributed by atoms with Gasteiger partial charge in [0.1, 0.15) is 24.7 Å². The standard InChI is InChI=1S/C24H23N5O3/c1-2-18(30)15-32-19-6-4-17(5-7-19)27-23-24-26-9-11-29(24)14-21(28-23)16-3-8-22-20(13-16)25-10-12-31-22/h3-9,11,13-14,25H,2,10,12,15H2,1H3,(H,27,28). The highest BCUT2D eigenvalue weighted by Gasteiger charge is 2.14. The fraction of sp³-hybridized carbons (Fsp3) is 0.208. The number of nitrogens with zero attached hydrogens (tertiary/aromatic N) is 3. The molecular weight excluding hydrogens is 406 g/mol. The molecule has 0 bridgehead atoms. The van der Waals surface area contributed by atoms with E-state index < -0.39 is 0 Å². The Labute approximate surface area is 185 Å². The van der Waals surface area contributed by atoms with E-state index in [1.165, 1.54) is 0 Å². The summed E-state index contributed by atoms with van der Waals surface area (Å²) in [5.41, 5.74) is 4.32. The average molecular weight is 429 g/mol. The quantitative estimate of drug-likeness (QED) is 0.453. The Morgan fingerprint density at radius 3 is 2.97 bits per heavy atom. The Bertz CT molecular complexity index is 1270. The molecule has 0 unspecified atom stereocenters. The topological polar surface area (TPSA) is 89.8 Å². The summed E-state index contributed by atoms with van der Waals surface area (Å²) in [7, 11) is 0. The number of imidazole rings is 1. The van der Waals surface area contributed by atoms with E-state index in [1.807, 2.05) is 66.2 Å². The van der Waals surface area contributed by atoms with Gasteiger partial charge in [0.15, 0.2) is 17.2 Å². The summed E-state index contributed by atoms with van der Waals surface area (Å²) in [6.45, 7) is 3.36. The normalized spacial score (nSPS) is 12.5. The van der Waals surface area contributed by atoms with Crippen LogP contribution in [-0.4, -0.2) is 39.9 Å². The number of hydrogen-bond donors (Lipinski definition) is 2. The number of ketones is 1. The third-order valence-corrected chi connectivity index (χ3v) is 5.24. The van der Waals surface area contributed by atoms with Crippen LogP contribution >= 0.6 is 0 Å². The van der Waals surface area contributed by atoms with Crippen LogP contribution < -0.4 is 20.1 Å². The van der Waals surface area contributed by atoms with E-state index >= 15 is 0 Å². The molecule has 2 aromatic heterocycles. The number of rotatable bonds is 7. The molecule has 2 N–H and O–H groups in total. The van der Waals surface area contributed by atoms with Crippen LogP contribution in [0.25, 0.3) is 16.9 Å². The second-order valence-electron chi connectivity index (χ2n) is 7.45. The van der Waals surface area contributed by atoms with Gasteiger partial charge < -0.3 is 24.5 Å². The van der Waals surface area contributed by atoms with Crippen LogP contribution in [0.4, 0.5) is 17.2 Å². The van der Waals surface area contributed by atoms with Crippen molar-refractivity contribution in [3.05, 3.63) is 61.1 Å². The van der Waals surface area contributed by atoms with Crippen LogP contribution in [0.15, 0.2) is 61.1 Å². The van der Waals surface area contributed by atoms with Gasteiger partial charge in [-0.3, -0.25) is 4.79 Å². The fourth-order valence-corrected chi connectivity index (χ4v) is 3.49. The molecule has 0 saturated carbocycles. The SMILES string of the molecule is CCC(=O)COc1ccc(Nc2nc(-c3ccc4c(c3)NCCO4)cn3ccnc23)cc1. The highest BCUT2D eigenvalue weighted by molar-refractivity contribution is 5.79. The summed E-state index contributed by atoms with van der Waals surface area (Å²) in [5.74, 6) is 2.21. The molecule has 32 heavy (non-hydrogen) atoms. The molecule has 0 aliphatic carbocycles. The Balaban J connectivity index is 1.42. The first kappa shape index (κ1) is 19.9. The van der Waals surface area contributed by atoms with Gasteiger partial charge >= 0.3 is 0 Å². The number of anilines is 3. The third-order valence-electron chi connectivity index (χ3n) is 5.24. The molecule has 2 aromatic carbocycles. The highest BCUT2D eigenvalue weighted by atomic mass is 16.5. The van der Waals surface area contributed by atoms with Crippen molar-refractivity contribution in [3.8, 4) is 22.8 Å². The molecule has 1 aliphatic heterocycles. The Kier molecular flexibility index (Phi) is 5.33. The van der Waals surface area contributed by atoms with E-state index in [0.29, 0.717) is 24.6 Å². The molecule has 0 radical (unpaired) electrons. The van der Waals surface area contributed by atoms with E-state index in [9.17, 15) is 4.79 Å². The minimum atomic E-state index is 0.0684. The zero-order valence-corrected chi connectivity index (χ0v) is 17.7. The summed E-state index contributed by atoms with van der Waals surface area (Å²) in [5, 5.41) is 6.72. The number of nitrogens with one attached hydrogen (secondary N) is 2. The third kappa shape index (κ3) is 4.07. The molecule has 0 amide bonds. The first-order chi connectivity index (χ1) is 15.7. The summed E-state index contributed by atoms with van der Waals surface area (Å²) in [6.07, 6.45) is 6.07. The maximum atomic E-state index is 11.5. The van der Waals surface area contributed by atoms with Crippen LogP contribution in [0.2, 0.25) is 0 Å². The minimum absolute atomic E-state index is 0.0684. The number of ether oxygens (including phenoxy) is 2. The Morgan fingerprint density at radius 2 is 2.12 bits per heavy atom. The van der Waals surface area contributed by atoms with Crippen molar-refractivity contribution in [1.82, 2.24) is 14.4 Å². The second-order valence-corrected chi connectivity index (χ2v) is 7.45. The van der Waals surface area contributed by atoms with Crippen molar-refractivity contribution >= 4 is 28.6 Å². The van der Waals surface area contributed by atoms with Gasteiger partial charge in [0, 0.05) is 42.8 Å². The van der Waals surface area contributed by atoms with Gasteiger partial charge in [-0.25, -0.2) is 9.97 Å². The zero-order valence-electron chi connectivity index (χ0n) is 17.7. The lowest BCUT2D eigenvalue weighted by molar-refractivity contribution is -0.120. The first-order valence-corrected chi connectivity index (χ1v) is 10.6. The minimum Gasteiger partial charge on any atom is -0.490 e. The van der Waals surface area contributed by atoms with Crippen LogP contribution in [0.1, 0.15) is 13.3 Å². The lowest BCUT2D eigenvalue weighted by atomic mass is 10.1. The molecule has 8 nitrogen and oxygen atoms in total. The molecule has 4 aromatic rings.